The van der Waals surface area contributed by atoms with E-state index in [1.807, 2.05) is 89.6 Å². The molecule has 0 aliphatic carbocycles. The summed E-state index contributed by atoms with van der Waals surface area (Å²) in [6, 6.07) is 23.9. The first-order chi connectivity index (χ1) is 15.0. The lowest BCUT2D eigenvalue weighted by atomic mass is 10.0. The lowest BCUT2D eigenvalue weighted by molar-refractivity contribution is -0.118. The first kappa shape index (κ1) is 20.8. The van der Waals surface area contributed by atoms with Crippen molar-refractivity contribution in [3.05, 3.63) is 90.6 Å². The Kier molecular flexibility index (Phi) is 6.13. The third kappa shape index (κ3) is 4.83. The lowest BCUT2D eigenvalue weighted by Crippen LogP contribution is -2.28. The molecule has 0 aliphatic heterocycles. The average molecular weight is 434 g/mol. The first-order valence-electron chi connectivity index (χ1n) is 9.58. The number of primary amides is 1. The van der Waals surface area contributed by atoms with Gasteiger partial charge in [0, 0.05) is 35.0 Å². The van der Waals surface area contributed by atoms with Crippen LogP contribution in [0.15, 0.2) is 85.1 Å². The van der Waals surface area contributed by atoms with Crippen molar-refractivity contribution in [2.75, 3.05) is 0 Å². The highest BCUT2D eigenvalue weighted by molar-refractivity contribution is 7.77. The molecular weight excluding hydrogens is 414 g/mol. The molecule has 3 aromatic carbocycles. The van der Waals surface area contributed by atoms with Gasteiger partial charge in [-0.25, -0.2) is 4.72 Å². The van der Waals surface area contributed by atoms with Crippen LogP contribution in [0.25, 0.3) is 16.6 Å². The van der Waals surface area contributed by atoms with Crippen LogP contribution in [-0.4, -0.2) is 19.2 Å². The molecule has 7 nitrogen and oxygen atoms in total. The number of para-hydroxylation sites is 2. The summed E-state index contributed by atoms with van der Waals surface area (Å²) in [5.74, 6) is 0.846. The fraction of sp³-hybridized carbons (Fsp3) is 0.0870. The molecule has 4 aromatic rings. The fourth-order valence-electron chi connectivity index (χ4n) is 3.53. The molecule has 0 saturated carbocycles. The van der Waals surface area contributed by atoms with E-state index in [0.29, 0.717) is 11.3 Å². The second-order valence-electron chi connectivity index (χ2n) is 6.96. The molecule has 1 amide bonds. The maximum Gasteiger partial charge on any atom is 0.219 e. The zero-order valence-electron chi connectivity index (χ0n) is 16.4. The van der Waals surface area contributed by atoms with Crippen LogP contribution < -0.4 is 15.2 Å². The number of nitrogens with zero attached hydrogens (tertiary/aromatic N) is 1. The van der Waals surface area contributed by atoms with Crippen molar-refractivity contribution in [2.24, 2.45) is 5.73 Å². The van der Waals surface area contributed by atoms with Gasteiger partial charge >= 0.3 is 0 Å². The van der Waals surface area contributed by atoms with Gasteiger partial charge in [-0.3, -0.25) is 9.00 Å². The second-order valence-corrected chi connectivity index (χ2v) is 7.66. The number of carbonyl (C=O) groups is 1. The molecule has 3 N–H and O–H groups in total. The van der Waals surface area contributed by atoms with Crippen molar-refractivity contribution in [3.63, 3.8) is 0 Å². The van der Waals surface area contributed by atoms with Gasteiger partial charge in [0.1, 0.15) is 11.5 Å². The number of hydrogen-bond acceptors (Lipinski definition) is 4. The maximum atomic E-state index is 11.5. The Labute approximate surface area is 181 Å². The molecule has 1 aromatic heterocycles. The van der Waals surface area contributed by atoms with Gasteiger partial charge in [-0.05, 0) is 48.0 Å². The Bertz CT molecular complexity index is 1210. The van der Waals surface area contributed by atoms with Crippen LogP contribution in [0.1, 0.15) is 18.0 Å². The summed E-state index contributed by atoms with van der Waals surface area (Å²) in [4.78, 5) is 11.5. The number of benzene rings is 3. The molecule has 0 bridgehead atoms. The average Bonchev–Trinajstić information content (AvgIpc) is 3.14. The van der Waals surface area contributed by atoms with Crippen LogP contribution in [-0.2, 0) is 16.1 Å². The summed E-state index contributed by atoms with van der Waals surface area (Å²) < 4.78 is 32.8. The van der Waals surface area contributed by atoms with Gasteiger partial charge in [0.25, 0.3) is 0 Å². The van der Waals surface area contributed by atoms with Gasteiger partial charge < -0.3 is 19.6 Å². The molecule has 31 heavy (non-hydrogen) atoms. The van der Waals surface area contributed by atoms with Crippen molar-refractivity contribution in [1.29, 1.82) is 0 Å². The Balaban J connectivity index is 1.71. The second kappa shape index (κ2) is 9.13. The third-order valence-corrected chi connectivity index (χ3v) is 5.33. The molecule has 2 atom stereocenters. The number of nitrogens with one attached hydrogen (secondary N) is 1. The Morgan fingerprint density at radius 1 is 1.00 bits per heavy atom. The minimum absolute atomic E-state index is 0.147. The zero-order valence-corrected chi connectivity index (χ0v) is 17.2. The number of fused-ring (bicyclic) bond motifs is 1. The molecule has 0 saturated heterocycles. The SMILES string of the molecule is NC(=O)CC(NS(=O)[O-])c1cn(-c2ccc(Oc3ccccc3)cc2)c2ccccc12. The predicted octanol–water partition coefficient (Wildman–Crippen LogP) is 3.72. The topological polar surface area (TPSA) is 109 Å². The monoisotopic (exact) mass is 434 g/mol. The number of rotatable bonds is 8. The number of nitrogens with two attached hydrogens (primary N) is 1. The molecule has 0 aliphatic rings. The number of ether oxygens (including phenoxy) is 1. The highest BCUT2D eigenvalue weighted by Gasteiger charge is 2.20. The van der Waals surface area contributed by atoms with Gasteiger partial charge in [-0.2, -0.15) is 0 Å². The van der Waals surface area contributed by atoms with E-state index in [0.717, 1.165) is 22.3 Å². The van der Waals surface area contributed by atoms with E-state index in [9.17, 15) is 13.6 Å². The van der Waals surface area contributed by atoms with Crippen LogP contribution in [0.4, 0.5) is 0 Å². The summed E-state index contributed by atoms with van der Waals surface area (Å²) in [7, 11) is 0. The molecule has 158 valence electrons. The number of amides is 1. The van der Waals surface area contributed by atoms with Gasteiger partial charge in [0.05, 0.1) is 11.6 Å². The van der Waals surface area contributed by atoms with Crippen LogP contribution in [0.5, 0.6) is 11.5 Å². The van der Waals surface area contributed by atoms with Crippen molar-refractivity contribution in [1.82, 2.24) is 9.29 Å². The van der Waals surface area contributed by atoms with Crippen molar-refractivity contribution in [3.8, 4) is 17.2 Å². The molecular formula is C23H20N3O4S-. The summed E-state index contributed by atoms with van der Waals surface area (Å²) in [5, 5.41) is 0.830. The molecule has 4 rings (SSSR count). The zero-order chi connectivity index (χ0) is 21.8. The minimum Gasteiger partial charge on any atom is -0.760 e. The molecule has 1 heterocycles. The fourth-order valence-corrected chi connectivity index (χ4v) is 3.97. The Morgan fingerprint density at radius 2 is 1.65 bits per heavy atom. The molecule has 0 spiro atoms. The molecule has 2 unspecified atom stereocenters. The highest BCUT2D eigenvalue weighted by Crippen LogP contribution is 2.31. The Morgan fingerprint density at radius 3 is 2.32 bits per heavy atom. The van der Waals surface area contributed by atoms with Gasteiger partial charge in [0.2, 0.25) is 5.91 Å². The van der Waals surface area contributed by atoms with E-state index < -0.39 is 23.2 Å². The number of hydrogen-bond donors (Lipinski definition) is 2. The van der Waals surface area contributed by atoms with Crippen LogP contribution in [0.3, 0.4) is 0 Å². The lowest BCUT2D eigenvalue weighted by Gasteiger charge is -2.18. The van der Waals surface area contributed by atoms with E-state index in [2.05, 4.69) is 4.72 Å². The first-order valence-corrected chi connectivity index (χ1v) is 10.7. The number of carbonyl (C=O) groups excluding carboxylic acids is 1. The van der Waals surface area contributed by atoms with Crippen LogP contribution in [0.2, 0.25) is 0 Å². The summed E-state index contributed by atoms with van der Waals surface area (Å²) in [5.41, 5.74) is 7.76. The minimum atomic E-state index is -2.55. The van der Waals surface area contributed by atoms with Gasteiger partial charge in [-0.15, -0.1) is 0 Å². The van der Waals surface area contributed by atoms with E-state index in [1.54, 1.807) is 0 Å². The Hall–Kier alpha value is -3.46. The summed E-state index contributed by atoms with van der Waals surface area (Å²) >= 11 is -2.55. The van der Waals surface area contributed by atoms with E-state index in [1.165, 1.54) is 0 Å². The van der Waals surface area contributed by atoms with E-state index in [-0.39, 0.29) is 6.42 Å². The molecule has 0 radical (unpaired) electrons. The summed E-state index contributed by atoms with van der Waals surface area (Å²) in [6.07, 6.45) is 1.68. The summed E-state index contributed by atoms with van der Waals surface area (Å²) in [6.45, 7) is 0. The van der Waals surface area contributed by atoms with Gasteiger partial charge in [-0.1, -0.05) is 36.4 Å². The maximum absolute atomic E-state index is 11.5. The normalized spacial score (nSPS) is 13.1. The number of aromatic nitrogens is 1. The van der Waals surface area contributed by atoms with E-state index in [4.69, 9.17) is 10.5 Å². The van der Waals surface area contributed by atoms with Crippen molar-refractivity contribution < 1.29 is 18.3 Å². The van der Waals surface area contributed by atoms with Crippen molar-refractivity contribution >= 4 is 28.1 Å². The van der Waals surface area contributed by atoms with E-state index >= 15 is 0 Å². The van der Waals surface area contributed by atoms with Gasteiger partial charge in [0.15, 0.2) is 0 Å². The smallest absolute Gasteiger partial charge is 0.219 e. The highest BCUT2D eigenvalue weighted by atomic mass is 32.2. The third-order valence-electron chi connectivity index (χ3n) is 4.86. The predicted molar refractivity (Wildman–Crippen MR) is 118 cm³/mol. The standard InChI is InChI=1S/C23H21N3O4S/c24-23(27)14-21(25-31(28)29)20-15-26(22-9-5-4-8-19(20)22)16-10-12-18(13-11-16)30-17-6-2-1-3-7-17/h1-13,15,21,25H,14H2,(H2,24,27)(H,28,29)/p-1. The van der Waals surface area contributed by atoms with Crippen molar-refractivity contribution in [2.45, 2.75) is 12.5 Å². The van der Waals surface area contributed by atoms with Crippen LogP contribution >= 0.6 is 0 Å². The largest absolute Gasteiger partial charge is 0.760 e. The van der Waals surface area contributed by atoms with Crippen LogP contribution in [0, 0.1) is 0 Å². The quantitative estimate of drug-likeness (QED) is 0.412. The molecule has 0 fully saturated rings. The molecule has 8 heteroatoms.